The lowest BCUT2D eigenvalue weighted by atomic mass is 10.1. The number of carboxylic acids is 1. The van der Waals surface area contributed by atoms with Crippen LogP contribution in [0.15, 0.2) is 60.7 Å². The van der Waals surface area contributed by atoms with Gasteiger partial charge in [-0.3, -0.25) is 9.59 Å². The first-order chi connectivity index (χ1) is 15.3. The van der Waals surface area contributed by atoms with Crippen LogP contribution in [0, 0.1) is 0 Å². The molecule has 2 aromatic rings. The summed E-state index contributed by atoms with van der Waals surface area (Å²) in [6, 6.07) is 14.8. The molecule has 0 bridgehead atoms. The highest BCUT2D eigenvalue weighted by Gasteiger charge is 2.26. The van der Waals surface area contributed by atoms with E-state index < -0.39 is 42.0 Å². The molecule has 170 valence electrons. The standard InChI is InChI=1S/C23H27N3O6/c1-15(21(28)26-19(22(29)30)13-17-9-5-3-6-10-17)24-20(27)16(2)25-23(31)32-14-18-11-7-4-8-12-18/h3-12,15-16,19H,13-14H2,1-2H3,(H,24,27)(H,25,31)(H,26,28)(H,29,30)/t15-,16-,19-/m0/s1. The lowest BCUT2D eigenvalue weighted by Gasteiger charge is -2.20. The first kappa shape index (κ1) is 24.4. The number of alkyl carbamates (subject to hydrolysis) is 1. The summed E-state index contributed by atoms with van der Waals surface area (Å²) in [6.45, 7) is 2.92. The molecule has 0 aliphatic heterocycles. The fraction of sp³-hybridized carbons (Fsp3) is 0.304. The van der Waals surface area contributed by atoms with Crippen molar-refractivity contribution in [3.05, 3.63) is 71.8 Å². The van der Waals surface area contributed by atoms with Crippen molar-refractivity contribution in [1.29, 1.82) is 0 Å². The van der Waals surface area contributed by atoms with E-state index in [1.807, 2.05) is 24.3 Å². The molecule has 0 unspecified atom stereocenters. The van der Waals surface area contributed by atoms with Crippen LogP contribution >= 0.6 is 0 Å². The molecule has 0 heterocycles. The lowest BCUT2D eigenvalue weighted by Crippen LogP contribution is -2.54. The molecule has 0 radical (unpaired) electrons. The van der Waals surface area contributed by atoms with Crippen molar-refractivity contribution >= 4 is 23.9 Å². The molecule has 9 nitrogen and oxygen atoms in total. The lowest BCUT2D eigenvalue weighted by molar-refractivity contribution is -0.142. The van der Waals surface area contributed by atoms with E-state index in [4.69, 9.17) is 4.74 Å². The van der Waals surface area contributed by atoms with Gasteiger partial charge in [-0.1, -0.05) is 60.7 Å². The summed E-state index contributed by atoms with van der Waals surface area (Å²) in [4.78, 5) is 48.1. The number of hydrogen-bond acceptors (Lipinski definition) is 5. The Morgan fingerprint density at radius 1 is 0.781 bits per heavy atom. The van der Waals surface area contributed by atoms with Crippen molar-refractivity contribution in [2.75, 3.05) is 0 Å². The third-order valence-corrected chi connectivity index (χ3v) is 4.59. The Balaban J connectivity index is 1.80. The van der Waals surface area contributed by atoms with Gasteiger partial charge in [-0.2, -0.15) is 0 Å². The molecular formula is C23H27N3O6. The van der Waals surface area contributed by atoms with Crippen molar-refractivity contribution in [2.24, 2.45) is 0 Å². The average molecular weight is 441 g/mol. The first-order valence-corrected chi connectivity index (χ1v) is 10.1. The van der Waals surface area contributed by atoms with Gasteiger partial charge in [0.2, 0.25) is 11.8 Å². The maximum absolute atomic E-state index is 12.4. The van der Waals surface area contributed by atoms with Crippen LogP contribution in [0.25, 0.3) is 0 Å². The van der Waals surface area contributed by atoms with Crippen LogP contribution in [-0.4, -0.2) is 47.1 Å². The number of carbonyl (C=O) groups is 4. The van der Waals surface area contributed by atoms with Crippen LogP contribution in [0.1, 0.15) is 25.0 Å². The second kappa shape index (κ2) is 12.1. The van der Waals surface area contributed by atoms with E-state index in [2.05, 4.69) is 16.0 Å². The number of amides is 3. The SMILES string of the molecule is C[C@H](NC(=O)OCc1ccccc1)C(=O)N[C@@H](C)C(=O)N[C@@H](Cc1ccccc1)C(=O)O. The van der Waals surface area contributed by atoms with Crippen LogP contribution in [0.4, 0.5) is 4.79 Å². The smallest absolute Gasteiger partial charge is 0.408 e. The molecule has 2 rings (SSSR count). The van der Waals surface area contributed by atoms with E-state index in [1.165, 1.54) is 13.8 Å². The molecule has 0 saturated carbocycles. The minimum absolute atomic E-state index is 0.0534. The van der Waals surface area contributed by atoms with Gasteiger partial charge in [0.05, 0.1) is 0 Å². The van der Waals surface area contributed by atoms with Crippen LogP contribution in [0.2, 0.25) is 0 Å². The average Bonchev–Trinajstić information content (AvgIpc) is 2.78. The summed E-state index contributed by atoms with van der Waals surface area (Å²) in [7, 11) is 0. The molecule has 0 aliphatic carbocycles. The predicted octanol–water partition coefficient (Wildman–Crippen LogP) is 1.62. The van der Waals surface area contributed by atoms with Crippen molar-refractivity contribution < 1.29 is 29.0 Å². The Bertz CT molecular complexity index is 920. The quantitative estimate of drug-likeness (QED) is 0.443. The highest BCUT2D eigenvalue weighted by atomic mass is 16.5. The minimum Gasteiger partial charge on any atom is -0.480 e. The largest absolute Gasteiger partial charge is 0.480 e. The Morgan fingerprint density at radius 2 is 1.28 bits per heavy atom. The zero-order chi connectivity index (χ0) is 23.5. The summed E-state index contributed by atoms with van der Waals surface area (Å²) in [5, 5.41) is 16.7. The summed E-state index contributed by atoms with van der Waals surface area (Å²) < 4.78 is 5.06. The van der Waals surface area contributed by atoms with E-state index in [9.17, 15) is 24.3 Å². The number of ether oxygens (including phenoxy) is 1. The van der Waals surface area contributed by atoms with E-state index in [1.54, 1.807) is 36.4 Å². The van der Waals surface area contributed by atoms with Crippen molar-refractivity contribution in [2.45, 2.75) is 45.0 Å². The van der Waals surface area contributed by atoms with Gasteiger partial charge in [0.15, 0.2) is 0 Å². The number of carbonyl (C=O) groups excluding carboxylic acids is 3. The number of nitrogens with one attached hydrogen (secondary N) is 3. The van der Waals surface area contributed by atoms with Crippen molar-refractivity contribution in [3.8, 4) is 0 Å². The van der Waals surface area contributed by atoms with E-state index in [0.29, 0.717) is 0 Å². The first-order valence-electron chi connectivity index (χ1n) is 10.1. The Kier molecular flexibility index (Phi) is 9.22. The Labute approximate surface area is 186 Å². The van der Waals surface area contributed by atoms with E-state index in [0.717, 1.165) is 11.1 Å². The molecule has 0 aliphatic rings. The van der Waals surface area contributed by atoms with Gasteiger partial charge in [-0.25, -0.2) is 9.59 Å². The third-order valence-electron chi connectivity index (χ3n) is 4.59. The Hall–Kier alpha value is -3.88. The molecule has 3 atom stereocenters. The van der Waals surface area contributed by atoms with Crippen molar-refractivity contribution in [3.63, 3.8) is 0 Å². The highest BCUT2D eigenvalue weighted by molar-refractivity contribution is 5.92. The molecular weight excluding hydrogens is 414 g/mol. The summed E-state index contributed by atoms with van der Waals surface area (Å²) >= 11 is 0. The number of benzene rings is 2. The van der Waals surface area contributed by atoms with Gasteiger partial charge in [0, 0.05) is 6.42 Å². The molecule has 0 spiro atoms. The molecule has 9 heteroatoms. The van der Waals surface area contributed by atoms with Gasteiger partial charge in [-0.15, -0.1) is 0 Å². The number of aliphatic carboxylic acids is 1. The zero-order valence-electron chi connectivity index (χ0n) is 17.9. The molecule has 0 fully saturated rings. The van der Waals surface area contributed by atoms with Gasteiger partial charge in [0.1, 0.15) is 24.7 Å². The second-order valence-corrected chi connectivity index (χ2v) is 7.25. The fourth-order valence-corrected chi connectivity index (χ4v) is 2.76. The number of hydrogen-bond donors (Lipinski definition) is 4. The van der Waals surface area contributed by atoms with E-state index in [-0.39, 0.29) is 13.0 Å². The highest BCUT2D eigenvalue weighted by Crippen LogP contribution is 2.04. The number of rotatable bonds is 10. The molecule has 4 N–H and O–H groups in total. The van der Waals surface area contributed by atoms with Crippen LogP contribution in [0.3, 0.4) is 0 Å². The van der Waals surface area contributed by atoms with Crippen LogP contribution < -0.4 is 16.0 Å². The number of carboxylic acid groups (broad SMARTS) is 1. The van der Waals surface area contributed by atoms with Gasteiger partial charge < -0.3 is 25.8 Å². The topological polar surface area (TPSA) is 134 Å². The molecule has 0 aromatic heterocycles. The van der Waals surface area contributed by atoms with Gasteiger partial charge in [-0.05, 0) is 25.0 Å². The predicted molar refractivity (Wildman–Crippen MR) is 117 cm³/mol. The zero-order valence-corrected chi connectivity index (χ0v) is 17.9. The maximum Gasteiger partial charge on any atom is 0.408 e. The van der Waals surface area contributed by atoms with Crippen LogP contribution in [0.5, 0.6) is 0 Å². The maximum atomic E-state index is 12.4. The monoisotopic (exact) mass is 441 g/mol. The molecule has 2 aromatic carbocycles. The van der Waals surface area contributed by atoms with Gasteiger partial charge in [0.25, 0.3) is 0 Å². The van der Waals surface area contributed by atoms with Gasteiger partial charge >= 0.3 is 12.1 Å². The minimum atomic E-state index is -1.18. The van der Waals surface area contributed by atoms with Crippen molar-refractivity contribution in [1.82, 2.24) is 16.0 Å². The Morgan fingerprint density at radius 3 is 1.84 bits per heavy atom. The summed E-state index contributed by atoms with van der Waals surface area (Å²) in [6.07, 6.45) is -0.671. The normalized spacial score (nSPS) is 13.2. The molecule has 3 amide bonds. The molecule has 32 heavy (non-hydrogen) atoms. The fourth-order valence-electron chi connectivity index (χ4n) is 2.76. The third kappa shape index (κ3) is 8.10. The van der Waals surface area contributed by atoms with E-state index >= 15 is 0 Å². The summed E-state index contributed by atoms with van der Waals surface area (Å²) in [5.74, 6) is -2.45. The second-order valence-electron chi connectivity index (χ2n) is 7.25. The summed E-state index contributed by atoms with van der Waals surface area (Å²) in [5.41, 5.74) is 1.55. The molecule has 0 saturated heterocycles. The van der Waals surface area contributed by atoms with Crippen LogP contribution in [-0.2, 0) is 32.1 Å².